The van der Waals surface area contributed by atoms with Crippen LogP contribution in [-0.4, -0.2) is 24.4 Å². The lowest BCUT2D eigenvalue weighted by atomic mass is 10.0. The third-order valence-corrected chi connectivity index (χ3v) is 2.54. The molecule has 0 aliphatic heterocycles. The van der Waals surface area contributed by atoms with Gasteiger partial charge in [-0.05, 0) is 6.92 Å². The number of carbonyl (C=O) groups excluding carboxylic acids is 1. The van der Waals surface area contributed by atoms with E-state index in [1.807, 2.05) is 0 Å². The molecule has 1 aliphatic rings. The Kier molecular flexibility index (Phi) is 2.57. The first-order valence-corrected chi connectivity index (χ1v) is 4.31. The lowest BCUT2D eigenvalue weighted by Crippen LogP contribution is -2.39. The first-order valence-electron chi connectivity index (χ1n) is 4.31. The monoisotopic (exact) mass is 226 g/mol. The molecule has 1 saturated carbocycles. The average molecular weight is 226 g/mol. The van der Waals surface area contributed by atoms with Crippen molar-refractivity contribution >= 4 is 5.97 Å². The Morgan fingerprint density at radius 1 is 1.60 bits per heavy atom. The Morgan fingerprint density at radius 3 is 2.40 bits per heavy atom. The fraction of sp³-hybridized carbons (Fsp3) is 0.667. The molecular formula is C9H10F4O2. The van der Waals surface area contributed by atoms with Crippen LogP contribution in [0, 0.1) is 5.41 Å². The van der Waals surface area contributed by atoms with Crippen molar-refractivity contribution in [2.75, 3.05) is 6.61 Å². The molecule has 0 aromatic heterocycles. The van der Waals surface area contributed by atoms with Gasteiger partial charge >= 0.3 is 12.1 Å². The second-order valence-corrected chi connectivity index (χ2v) is 3.37. The van der Waals surface area contributed by atoms with E-state index in [0.717, 1.165) is 0 Å². The lowest BCUT2D eigenvalue weighted by Gasteiger charge is -2.19. The zero-order valence-electron chi connectivity index (χ0n) is 8.03. The smallest absolute Gasteiger partial charge is 0.408 e. The van der Waals surface area contributed by atoms with Gasteiger partial charge < -0.3 is 4.74 Å². The van der Waals surface area contributed by atoms with Crippen molar-refractivity contribution in [3.63, 3.8) is 0 Å². The summed E-state index contributed by atoms with van der Waals surface area (Å²) in [7, 11) is 0. The summed E-state index contributed by atoms with van der Waals surface area (Å²) < 4.78 is 55.4. The number of carbonyl (C=O) groups is 1. The number of allylic oxidation sites excluding steroid dienone is 1. The topological polar surface area (TPSA) is 26.3 Å². The summed E-state index contributed by atoms with van der Waals surface area (Å²) in [6.07, 6.45) is -5.38. The standard InChI is InChI=1S/C9H10F4O2/c1-3-7(10)5-8(7,9(11,12)13)6(14)15-4-2/h3H,1,4-5H2,2H3. The summed E-state index contributed by atoms with van der Waals surface area (Å²) >= 11 is 0. The molecule has 15 heavy (non-hydrogen) atoms. The van der Waals surface area contributed by atoms with Crippen LogP contribution in [-0.2, 0) is 9.53 Å². The zero-order valence-corrected chi connectivity index (χ0v) is 8.03. The predicted molar refractivity (Wildman–Crippen MR) is 43.8 cm³/mol. The molecule has 2 nitrogen and oxygen atoms in total. The maximum absolute atomic E-state index is 13.5. The maximum Gasteiger partial charge on any atom is 0.408 e. The van der Waals surface area contributed by atoms with Gasteiger partial charge in [0.25, 0.3) is 0 Å². The molecule has 0 spiro atoms. The number of halogens is 4. The van der Waals surface area contributed by atoms with Crippen LogP contribution in [0.5, 0.6) is 0 Å². The highest BCUT2D eigenvalue weighted by atomic mass is 19.4. The molecule has 2 atom stereocenters. The molecule has 0 radical (unpaired) electrons. The molecule has 86 valence electrons. The number of alkyl halides is 4. The molecule has 1 rings (SSSR count). The quantitative estimate of drug-likeness (QED) is 0.419. The van der Waals surface area contributed by atoms with Gasteiger partial charge in [0.1, 0.15) is 0 Å². The van der Waals surface area contributed by atoms with Crippen molar-refractivity contribution in [3.8, 4) is 0 Å². The van der Waals surface area contributed by atoms with Gasteiger partial charge in [-0.1, -0.05) is 12.7 Å². The first-order chi connectivity index (χ1) is 6.75. The zero-order chi connectivity index (χ0) is 11.9. The van der Waals surface area contributed by atoms with Crippen LogP contribution in [0.3, 0.4) is 0 Å². The van der Waals surface area contributed by atoms with Gasteiger partial charge in [0, 0.05) is 6.42 Å². The molecule has 0 heterocycles. The maximum atomic E-state index is 13.5. The Bertz CT molecular complexity index is 299. The fourth-order valence-electron chi connectivity index (χ4n) is 1.54. The first kappa shape index (κ1) is 12.0. The SMILES string of the molecule is C=CC1(F)CC1(C(=O)OCC)C(F)(F)F. The van der Waals surface area contributed by atoms with Crippen molar-refractivity contribution < 1.29 is 27.1 Å². The van der Waals surface area contributed by atoms with Crippen molar-refractivity contribution in [1.29, 1.82) is 0 Å². The van der Waals surface area contributed by atoms with E-state index in [1.54, 1.807) is 0 Å². The van der Waals surface area contributed by atoms with Gasteiger partial charge in [-0.25, -0.2) is 4.39 Å². The third kappa shape index (κ3) is 1.42. The van der Waals surface area contributed by atoms with E-state index in [9.17, 15) is 22.4 Å². The number of hydrogen-bond acceptors (Lipinski definition) is 2. The largest absolute Gasteiger partial charge is 0.465 e. The van der Waals surface area contributed by atoms with Crippen LogP contribution < -0.4 is 0 Å². The Labute approximate surface area is 83.9 Å². The normalized spacial score (nSPS) is 34.7. The summed E-state index contributed by atoms with van der Waals surface area (Å²) in [6.45, 7) is 4.10. The molecule has 2 unspecified atom stereocenters. The lowest BCUT2D eigenvalue weighted by molar-refractivity contribution is -0.213. The van der Waals surface area contributed by atoms with Gasteiger partial charge in [0.05, 0.1) is 6.61 Å². The second-order valence-electron chi connectivity index (χ2n) is 3.37. The number of ether oxygens (including phenoxy) is 1. The van der Waals surface area contributed by atoms with Gasteiger partial charge in [-0.2, -0.15) is 13.2 Å². The minimum absolute atomic E-state index is 0.218. The minimum Gasteiger partial charge on any atom is -0.465 e. The van der Waals surface area contributed by atoms with E-state index in [1.165, 1.54) is 6.92 Å². The number of esters is 1. The highest BCUT2D eigenvalue weighted by Crippen LogP contribution is 2.68. The third-order valence-electron chi connectivity index (χ3n) is 2.54. The highest BCUT2D eigenvalue weighted by Gasteiger charge is 2.86. The van der Waals surface area contributed by atoms with Crippen molar-refractivity contribution in [3.05, 3.63) is 12.7 Å². The van der Waals surface area contributed by atoms with Gasteiger partial charge in [-0.15, -0.1) is 0 Å². The van der Waals surface area contributed by atoms with Crippen molar-refractivity contribution in [2.24, 2.45) is 5.41 Å². The van der Waals surface area contributed by atoms with E-state index >= 15 is 0 Å². The van der Waals surface area contributed by atoms with E-state index in [2.05, 4.69) is 11.3 Å². The molecule has 0 saturated heterocycles. The predicted octanol–water partition coefficient (Wildman–Crippen LogP) is 2.40. The molecular weight excluding hydrogens is 216 g/mol. The van der Waals surface area contributed by atoms with E-state index in [-0.39, 0.29) is 6.61 Å². The average Bonchev–Trinajstić information content (AvgIpc) is 2.75. The number of rotatable bonds is 3. The van der Waals surface area contributed by atoms with Crippen LogP contribution in [0.2, 0.25) is 0 Å². The summed E-state index contributed by atoms with van der Waals surface area (Å²) in [4.78, 5) is 11.1. The highest BCUT2D eigenvalue weighted by molar-refractivity contribution is 5.85. The fourth-order valence-corrected chi connectivity index (χ4v) is 1.54. The van der Waals surface area contributed by atoms with Crippen LogP contribution in [0.1, 0.15) is 13.3 Å². The van der Waals surface area contributed by atoms with Gasteiger partial charge in [0.2, 0.25) is 5.41 Å². The summed E-state index contributed by atoms with van der Waals surface area (Å²) in [5.41, 5.74) is -5.77. The molecule has 0 bridgehead atoms. The summed E-state index contributed by atoms with van der Waals surface area (Å²) in [5, 5.41) is 0. The van der Waals surface area contributed by atoms with E-state index < -0.39 is 29.7 Å². The van der Waals surface area contributed by atoms with E-state index in [4.69, 9.17) is 0 Å². The molecule has 0 aromatic rings. The Morgan fingerprint density at radius 2 is 2.13 bits per heavy atom. The summed E-state index contributed by atoms with van der Waals surface area (Å²) in [6, 6.07) is 0. The van der Waals surface area contributed by atoms with Gasteiger partial charge in [-0.3, -0.25) is 4.79 Å². The molecule has 6 heteroatoms. The molecule has 0 aromatic carbocycles. The molecule has 1 aliphatic carbocycles. The van der Waals surface area contributed by atoms with Crippen LogP contribution in [0.4, 0.5) is 17.6 Å². The van der Waals surface area contributed by atoms with Crippen LogP contribution >= 0.6 is 0 Å². The van der Waals surface area contributed by atoms with Crippen LogP contribution in [0.25, 0.3) is 0 Å². The van der Waals surface area contributed by atoms with E-state index in [0.29, 0.717) is 6.08 Å². The van der Waals surface area contributed by atoms with Crippen molar-refractivity contribution in [1.82, 2.24) is 0 Å². The minimum atomic E-state index is -4.96. The van der Waals surface area contributed by atoms with Gasteiger partial charge in [0.15, 0.2) is 5.67 Å². The molecule has 0 amide bonds. The number of hydrogen-bond donors (Lipinski definition) is 0. The second kappa shape index (κ2) is 3.21. The molecule has 1 fully saturated rings. The van der Waals surface area contributed by atoms with Crippen LogP contribution in [0.15, 0.2) is 12.7 Å². The molecule has 0 N–H and O–H groups in total. The Balaban J connectivity index is 3.04. The Hall–Kier alpha value is -1.07. The van der Waals surface area contributed by atoms with Crippen molar-refractivity contribution in [2.45, 2.75) is 25.2 Å². The summed E-state index contributed by atoms with van der Waals surface area (Å²) in [5.74, 6) is -1.57.